The average molecular weight is 181 g/mol. The average Bonchev–Trinajstić information content (AvgIpc) is 1.83. The van der Waals surface area contributed by atoms with Crippen LogP contribution >= 0.6 is 11.6 Å². The Balaban J connectivity index is 4.21. The number of hydrogen-bond donors (Lipinski definition) is 3. The first-order chi connectivity index (χ1) is 4.90. The summed E-state index contributed by atoms with van der Waals surface area (Å²) in [5, 5.41) is 8.24. The molecule has 0 unspecified atom stereocenters. The highest BCUT2D eigenvalue weighted by molar-refractivity contribution is 6.29. The molecule has 0 aromatic rings. The summed E-state index contributed by atoms with van der Waals surface area (Å²) in [5.74, 6) is -2.28. The maximum absolute atomic E-state index is 10.7. The first-order valence-corrected chi connectivity index (χ1v) is 3.32. The Morgan fingerprint density at radius 1 is 1.45 bits per heavy atom. The molecule has 64 valence electrons. The number of carboxylic acids is 1. The topological polar surface area (TPSA) is 106 Å². The zero-order valence-electron chi connectivity index (χ0n) is 5.71. The van der Waals surface area contributed by atoms with Crippen LogP contribution in [0, 0.1) is 0 Å². The Bertz CT molecular complexity index is 181. The molecule has 0 aliphatic carbocycles. The van der Waals surface area contributed by atoms with Crippen molar-refractivity contribution < 1.29 is 14.7 Å². The first kappa shape index (κ1) is 10.3. The van der Waals surface area contributed by atoms with Crippen LogP contribution in [0.3, 0.4) is 0 Å². The molecule has 5 N–H and O–H groups in total. The molecule has 0 aliphatic rings. The van der Waals surface area contributed by atoms with Crippen LogP contribution in [0.25, 0.3) is 0 Å². The summed E-state index contributed by atoms with van der Waals surface area (Å²) in [6.45, 7) is 0. The number of carbonyl (C=O) groups is 2. The molecule has 0 rings (SSSR count). The van der Waals surface area contributed by atoms with Gasteiger partial charge >= 0.3 is 5.97 Å². The van der Waals surface area contributed by atoms with Gasteiger partial charge in [-0.2, -0.15) is 0 Å². The van der Waals surface area contributed by atoms with Crippen LogP contribution in [-0.2, 0) is 9.59 Å². The predicted molar refractivity (Wildman–Crippen MR) is 39.1 cm³/mol. The molecule has 11 heavy (non-hydrogen) atoms. The fourth-order valence-electron chi connectivity index (χ4n) is 0.473. The van der Waals surface area contributed by atoms with Crippen LogP contribution in [0.4, 0.5) is 0 Å². The van der Waals surface area contributed by atoms with Gasteiger partial charge in [0.1, 0.15) is 5.66 Å². The standard InChI is InChI=1S/C5H9ClN2O3/c6-2-3(9)5(7,8)1-4(10)11/h1-2,7-8H2,(H,10,11). The van der Waals surface area contributed by atoms with Gasteiger partial charge in [-0.1, -0.05) is 0 Å². The van der Waals surface area contributed by atoms with Crippen LogP contribution in [0.1, 0.15) is 6.42 Å². The van der Waals surface area contributed by atoms with E-state index >= 15 is 0 Å². The lowest BCUT2D eigenvalue weighted by molar-refractivity contribution is -0.140. The van der Waals surface area contributed by atoms with E-state index in [1.54, 1.807) is 0 Å². The fourth-order valence-corrected chi connectivity index (χ4v) is 0.722. The Labute approximate surface area is 68.3 Å². The van der Waals surface area contributed by atoms with Crippen molar-refractivity contribution in [2.45, 2.75) is 12.1 Å². The van der Waals surface area contributed by atoms with Crippen molar-refractivity contribution in [3.05, 3.63) is 0 Å². The Morgan fingerprint density at radius 2 is 1.91 bits per heavy atom. The summed E-state index contributed by atoms with van der Waals surface area (Å²) in [4.78, 5) is 20.8. The fraction of sp³-hybridized carbons (Fsp3) is 0.600. The van der Waals surface area contributed by atoms with Gasteiger partial charge in [0.05, 0.1) is 12.3 Å². The number of ketones is 1. The van der Waals surface area contributed by atoms with E-state index < -0.39 is 23.8 Å². The second-order valence-electron chi connectivity index (χ2n) is 2.17. The molecule has 0 fully saturated rings. The van der Waals surface area contributed by atoms with Crippen molar-refractivity contribution >= 4 is 23.4 Å². The first-order valence-electron chi connectivity index (χ1n) is 2.79. The van der Waals surface area contributed by atoms with Gasteiger partial charge in [0.2, 0.25) is 0 Å². The van der Waals surface area contributed by atoms with Crippen LogP contribution in [0.15, 0.2) is 0 Å². The molecule has 0 aliphatic heterocycles. The summed E-state index contributed by atoms with van der Waals surface area (Å²) >= 11 is 5.12. The maximum atomic E-state index is 10.7. The molecule has 0 heterocycles. The number of nitrogens with two attached hydrogens (primary N) is 2. The van der Waals surface area contributed by atoms with E-state index in [0.29, 0.717) is 0 Å². The third kappa shape index (κ3) is 3.31. The van der Waals surface area contributed by atoms with Gasteiger partial charge in [0.15, 0.2) is 5.78 Å². The smallest absolute Gasteiger partial charge is 0.307 e. The van der Waals surface area contributed by atoms with Crippen molar-refractivity contribution in [3.63, 3.8) is 0 Å². The van der Waals surface area contributed by atoms with Crippen molar-refractivity contribution in [3.8, 4) is 0 Å². The molecular formula is C5H9ClN2O3. The molecule has 5 nitrogen and oxygen atoms in total. The molecule has 0 bridgehead atoms. The molecule has 6 heteroatoms. The van der Waals surface area contributed by atoms with Crippen LogP contribution in [0.2, 0.25) is 0 Å². The number of carbonyl (C=O) groups excluding carboxylic acids is 1. The van der Waals surface area contributed by atoms with Crippen molar-refractivity contribution in [1.82, 2.24) is 0 Å². The lowest BCUT2D eigenvalue weighted by Crippen LogP contribution is -2.58. The van der Waals surface area contributed by atoms with Gasteiger partial charge in [-0.15, -0.1) is 11.6 Å². The van der Waals surface area contributed by atoms with Gasteiger partial charge in [0, 0.05) is 0 Å². The number of rotatable bonds is 4. The lowest BCUT2D eigenvalue weighted by Gasteiger charge is -2.18. The van der Waals surface area contributed by atoms with Crippen molar-refractivity contribution in [2.24, 2.45) is 11.5 Å². The van der Waals surface area contributed by atoms with E-state index in [2.05, 4.69) is 0 Å². The van der Waals surface area contributed by atoms with E-state index in [4.69, 9.17) is 28.2 Å². The Morgan fingerprint density at radius 3 is 2.18 bits per heavy atom. The van der Waals surface area contributed by atoms with E-state index in [0.717, 1.165) is 0 Å². The maximum Gasteiger partial charge on any atom is 0.307 e. The number of carboxylic acid groups (broad SMARTS) is 1. The molecule has 0 amide bonds. The van der Waals surface area contributed by atoms with Crippen molar-refractivity contribution in [2.75, 3.05) is 5.88 Å². The number of alkyl halides is 1. The third-order valence-corrected chi connectivity index (χ3v) is 1.33. The van der Waals surface area contributed by atoms with E-state index in [1.165, 1.54) is 0 Å². The minimum absolute atomic E-state index is 0.375. The molecule has 0 saturated carbocycles. The molecular weight excluding hydrogens is 172 g/mol. The summed E-state index contributed by atoms with van der Waals surface area (Å²) in [6, 6.07) is 0. The number of aliphatic carboxylic acids is 1. The van der Waals surface area contributed by atoms with E-state index in [1.807, 2.05) is 0 Å². The molecule has 0 spiro atoms. The predicted octanol–water partition coefficient (Wildman–Crippen LogP) is -1.12. The quantitative estimate of drug-likeness (QED) is 0.376. The Hall–Kier alpha value is -0.650. The highest BCUT2D eigenvalue weighted by Gasteiger charge is 2.30. The van der Waals surface area contributed by atoms with E-state index in [-0.39, 0.29) is 5.88 Å². The molecule has 0 radical (unpaired) electrons. The van der Waals surface area contributed by atoms with Gasteiger partial charge in [-0.05, 0) is 0 Å². The van der Waals surface area contributed by atoms with Crippen molar-refractivity contribution in [1.29, 1.82) is 0 Å². The monoisotopic (exact) mass is 180 g/mol. The molecule has 0 saturated heterocycles. The molecule has 0 aromatic heterocycles. The summed E-state index contributed by atoms with van der Waals surface area (Å²) < 4.78 is 0. The normalized spacial score (nSPS) is 11.2. The Kier molecular flexibility index (Phi) is 3.44. The van der Waals surface area contributed by atoms with Gasteiger partial charge in [-0.25, -0.2) is 0 Å². The highest BCUT2D eigenvalue weighted by atomic mass is 35.5. The molecule has 0 aromatic carbocycles. The second-order valence-corrected chi connectivity index (χ2v) is 2.43. The number of hydrogen-bond acceptors (Lipinski definition) is 4. The second kappa shape index (κ2) is 3.66. The zero-order valence-corrected chi connectivity index (χ0v) is 6.47. The largest absolute Gasteiger partial charge is 0.481 e. The van der Waals surface area contributed by atoms with Crippen LogP contribution in [0.5, 0.6) is 0 Å². The number of halogens is 1. The molecule has 0 atom stereocenters. The van der Waals surface area contributed by atoms with Gasteiger partial charge < -0.3 is 16.6 Å². The van der Waals surface area contributed by atoms with Gasteiger partial charge in [0.25, 0.3) is 0 Å². The summed E-state index contributed by atoms with van der Waals surface area (Å²) in [5.41, 5.74) is 8.43. The third-order valence-electron chi connectivity index (χ3n) is 1.08. The summed E-state index contributed by atoms with van der Waals surface area (Å²) in [7, 11) is 0. The highest BCUT2D eigenvalue weighted by Crippen LogP contribution is 2.01. The van der Waals surface area contributed by atoms with E-state index in [9.17, 15) is 9.59 Å². The minimum Gasteiger partial charge on any atom is -0.481 e. The zero-order chi connectivity index (χ0) is 9.07. The minimum atomic E-state index is -1.84. The summed E-state index contributed by atoms with van der Waals surface area (Å²) in [6.07, 6.45) is -0.613. The lowest BCUT2D eigenvalue weighted by atomic mass is 10.0. The SMILES string of the molecule is NC(N)(CC(=O)O)C(=O)CCl. The number of Topliss-reactive ketones (excluding diaryl/α,β-unsaturated/α-hetero) is 1. The van der Waals surface area contributed by atoms with Gasteiger partial charge in [-0.3, -0.25) is 9.59 Å². The van der Waals surface area contributed by atoms with Crippen LogP contribution < -0.4 is 11.5 Å². The van der Waals surface area contributed by atoms with Crippen LogP contribution in [-0.4, -0.2) is 28.4 Å².